The third-order valence-corrected chi connectivity index (χ3v) is 4.12. The van der Waals surface area contributed by atoms with Crippen LogP contribution < -0.4 is 5.73 Å². The number of aromatic nitrogens is 5. The summed E-state index contributed by atoms with van der Waals surface area (Å²) in [6, 6.07) is 8.04. The Morgan fingerprint density at radius 3 is 2.96 bits per heavy atom. The molecule has 0 aliphatic heterocycles. The monoisotopic (exact) mass is 322 g/mol. The molecular formula is C17H18N6O. The number of ether oxygens (including phenoxy) is 1. The van der Waals surface area contributed by atoms with Crippen molar-refractivity contribution in [2.24, 2.45) is 0 Å². The average molecular weight is 322 g/mol. The lowest BCUT2D eigenvalue weighted by molar-refractivity contribution is 0.189. The van der Waals surface area contributed by atoms with Crippen LogP contribution in [-0.2, 0) is 11.3 Å². The van der Waals surface area contributed by atoms with Crippen LogP contribution in [0.25, 0.3) is 33.1 Å². The molecule has 4 rings (SSSR count). The Morgan fingerprint density at radius 1 is 1.25 bits per heavy atom. The van der Waals surface area contributed by atoms with E-state index in [1.807, 2.05) is 22.9 Å². The second kappa shape index (κ2) is 5.93. The van der Waals surface area contributed by atoms with Crippen LogP contribution in [0.3, 0.4) is 0 Å². The lowest BCUT2D eigenvalue weighted by atomic mass is 10.1. The Bertz CT molecular complexity index is 989. The maximum Gasteiger partial charge on any atom is 0.135 e. The van der Waals surface area contributed by atoms with Gasteiger partial charge >= 0.3 is 0 Å². The van der Waals surface area contributed by atoms with Gasteiger partial charge in [0.1, 0.15) is 5.82 Å². The SMILES string of the molecule is COCCCn1ncc2c(N)nc3cc(-c4cc[nH]n4)ccc3c21. The molecule has 0 fully saturated rings. The summed E-state index contributed by atoms with van der Waals surface area (Å²) in [4.78, 5) is 4.55. The number of nitrogen functional groups attached to an aromatic ring is 1. The number of hydrogen-bond acceptors (Lipinski definition) is 5. The third-order valence-electron chi connectivity index (χ3n) is 4.12. The van der Waals surface area contributed by atoms with Crippen molar-refractivity contribution >= 4 is 27.6 Å². The van der Waals surface area contributed by atoms with Gasteiger partial charge in [0.25, 0.3) is 0 Å². The van der Waals surface area contributed by atoms with Crippen LogP contribution in [-0.4, -0.2) is 38.7 Å². The smallest absolute Gasteiger partial charge is 0.135 e. The largest absolute Gasteiger partial charge is 0.385 e. The van der Waals surface area contributed by atoms with Crippen LogP contribution in [0.1, 0.15) is 6.42 Å². The predicted octanol–water partition coefficient (Wildman–Crippen LogP) is 2.59. The summed E-state index contributed by atoms with van der Waals surface area (Å²) in [6.45, 7) is 1.47. The molecule has 3 heterocycles. The van der Waals surface area contributed by atoms with Gasteiger partial charge in [-0.05, 0) is 24.6 Å². The van der Waals surface area contributed by atoms with Gasteiger partial charge in [0, 0.05) is 37.4 Å². The van der Waals surface area contributed by atoms with Gasteiger partial charge in [-0.15, -0.1) is 0 Å². The van der Waals surface area contributed by atoms with Crippen molar-refractivity contribution < 1.29 is 4.74 Å². The first kappa shape index (κ1) is 14.6. The van der Waals surface area contributed by atoms with Crippen molar-refractivity contribution in [2.75, 3.05) is 19.5 Å². The number of anilines is 1. The van der Waals surface area contributed by atoms with Gasteiger partial charge < -0.3 is 10.5 Å². The summed E-state index contributed by atoms with van der Waals surface area (Å²) in [5.41, 5.74) is 9.89. The first-order valence-corrected chi connectivity index (χ1v) is 7.82. The highest BCUT2D eigenvalue weighted by atomic mass is 16.5. The van der Waals surface area contributed by atoms with E-state index in [0.717, 1.165) is 46.0 Å². The molecule has 3 N–H and O–H groups in total. The standard InChI is InChI=1S/C17H18N6O/c1-24-8-2-7-23-16-12-4-3-11(14-5-6-19-22-14)9-15(12)21-17(18)13(16)10-20-23/h3-6,9-10H,2,7-8H2,1H3,(H2,18,21)(H,19,22). The minimum absolute atomic E-state index is 0.495. The number of aromatic amines is 1. The highest BCUT2D eigenvalue weighted by molar-refractivity contribution is 6.08. The zero-order valence-electron chi connectivity index (χ0n) is 13.4. The fourth-order valence-electron chi connectivity index (χ4n) is 2.98. The number of hydrogen-bond donors (Lipinski definition) is 2. The van der Waals surface area contributed by atoms with Gasteiger partial charge in [0.05, 0.1) is 28.3 Å². The third kappa shape index (κ3) is 2.39. The van der Waals surface area contributed by atoms with E-state index < -0.39 is 0 Å². The van der Waals surface area contributed by atoms with Crippen molar-refractivity contribution in [1.29, 1.82) is 0 Å². The number of rotatable bonds is 5. The quantitative estimate of drug-likeness (QED) is 0.551. The van der Waals surface area contributed by atoms with Crippen molar-refractivity contribution in [2.45, 2.75) is 13.0 Å². The van der Waals surface area contributed by atoms with Crippen LogP contribution in [0, 0.1) is 0 Å². The number of methoxy groups -OCH3 is 1. The lowest BCUT2D eigenvalue weighted by Crippen LogP contribution is -2.04. The molecular weight excluding hydrogens is 304 g/mol. The van der Waals surface area contributed by atoms with E-state index in [1.54, 1.807) is 19.5 Å². The van der Waals surface area contributed by atoms with Gasteiger partial charge in [-0.3, -0.25) is 9.78 Å². The first-order valence-electron chi connectivity index (χ1n) is 7.82. The van der Waals surface area contributed by atoms with Crippen LogP contribution in [0.4, 0.5) is 5.82 Å². The topological polar surface area (TPSA) is 94.6 Å². The summed E-state index contributed by atoms with van der Waals surface area (Å²) < 4.78 is 7.11. The first-order chi connectivity index (χ1) is 11.8. The van der Waals surface area contributed by atoms with E-state index >= 15 is 0 Å². The molecule has 0 amide bonds. The van der Waals surface area contributed by atoms with E-state index in [-0.39, 0.29) is 0 Å². The molecule has 7 heteroatoms. The van der Waals surface area contributed by atoms with Gasteiger partial charge in [-0.1, -0.05) is 6.07 Å². The maximum atomic E-state index is 6.15. The Labute approximate surface area is 138 Å². The Balaban J connectivity index is 1.87. The molecule has 3 aromatic heterocycles. The Hall–Kier alpha value is -2.93. The van der Waals surface area contributed by atoms with Gasteiger partial charge in [-0.25, -0.2) is 4.98 Å². The van der Waals surface area contributed by atoms with E-state index in [2.05, 4.69) is 26.3 Å². The van der Waals surface area contributed by atoms with E-state index in [1.165, 1.54) is 0 Å². The average Bonchev–Trinajstić information content (AvgIpc) is 3.25. The van der Waals surface area contributed by atoms with Crippen molar-refractivity contribution in [3.8, 4) is 11.3 Å². The number of fused-ring (bicyclic) bond motifs is 3. The number of H-pyrrole nitrogens is 1. The molecule has 1 aromatic carbocycles. The summed E-state index contributed by atoms with van der Waals surface area (Å²) in [5.74, 6) is 0.495. The molecule has 0 aliphatic carbocycles. The predicted molar refractivity (Wildman–Crippen MR) is 93.5 cm³/mol. The molecule has 0 spiro atoms. The highest BCUT2D eigenvalue weighted by Crippen LogP contribution is 2.30. The number of nitrogens with two attached hydrogens (primary N) is 1. The van der Waals surface area contributed by atoms with Gasteiger partial charge in [-0.2, -0.15) is 10.2 Å². The fraction of sp³-hybridized carbons (Fsp3) is 0.235. The maximum absolute atomic E-state index is 6.15. The molecule has 0 aliphatic rings. The zero-order valence-corrected chi connectivity index (χ0v) is 13.4. The molecule has 24 heavy (non-hydrogen) atoms. The number of nitrogens with zero attached hydrogens (tertiary/aromatic N) is 4. The van der Waals surface area contributed by atoms with Crippen molar-refractivity contribution in [3.05, 3.63) is 36.7 Å². The number of aryl methyl sites for hydroxylation is 1. The fourth-order valence-corrected chi connectivity index (χ4v) is 2.98. The molecule has 0 saturated heterocycles. The van der Waals surface area contributed by atoms with Crippen molar-refractivity contribution in [1.82, 2.24) is 25.0 Å². The number of benzene rings is 1. The van der Waals surface area contributed by atoms with Crippen LogP contribution in [0.15, 0.2) is 36.7 Å². The summed E-state index contributed by atoms with van der Waals surface area (Å²) in [6.07, 6.45) is 4.48. The van der Waals surface area contributed by atoms with Crippen LogP contribution in [0.5, 0.6) is 0 Å². The Morgan fingerprint density at radius 2 is 2.17 bits per heavy atom. The molecule has 0 bridgehead atoms. The van der Waals surface area contributed by atoms with E-state index in [9.17, 15) is 0 Å². The van der Waals surface area contributed by atoms with Gasteiger partial charge in [0.15, 0.2) is 0 Å². The molecule has 0 radical (unpaired) electrons. The van der Waals surface area contributed by atoms with Crippen LogP contribution >= 0.6 is 0 Å². The van der Waals surface area contributed by atoms with E-state index in [0.29, 0.717) is 12.4 Å². The summed E-state index contributed by atoms with van der Waals surface area (Å²) in [5, 5.41) is 13.4. The number of nitrogens with one attached hydrogen (secondary N) is 1. The second-order valence-corrected chi connectivity index (χ2v) is 5.66. The van der Waals surface area contributed by atoms with E-state index in [4.69, 9.17) is 10.5 Å². The lowest BCUT2D eigenvalue weighted by Gasteiger charge is -2.08. The minimum Gasteiger partial charge on any atom is -0.385 e. The number of pyridine rings is 1. The molecule has 0 saturated carbocycles. The highest BCUT2D eigenvalue weighted by Gasteiger charge is 2.13. The summed E-state index contributed by atoms with van der Waals surface area (Å²) >= 11 is 0. The van der Waals surface area contributed by atoms with Crippen molar-refractivity contribution in [3.63, 3.8) is 0 Å². The molecule has 7 nitrogen and oxygen atoms in total. The zero-order chi connectivity index (χ0) is 16.5. The second-order valence-electron chi connectivity index (χ2n) is 5.66. The normalized spacial score (nSPS) is 11.5. The Kier molecular flexibility index (Phi) is 3.62. The molecule has 0 unspecified atom stereocenters. The molecule has 4 aromatic rings. The van der Waals surface area contributed by atoms with Gasteiger partial charge in [0.2, 0.25) is 0 Å². The summed E-state index contributed by atoms with van der Waals surface area (Å²) in [7, 11) is 1.70. The minimum atomic E-state index is 0.495. The molecule has 0 atom stereocenters. The molecule has 122 valence electrons. The van der Waals surface area contributed by atoms with Crippen LogP contribution in [0.2, 0.25) is 0 Å².